The number of halogens is 2. The lowest BCUT2D eigenvalue weighted by Gasteiger charge is -2.21. The number of alkyl carbamates (subject to hydrolysis) is 1. The number of tetrazole rings is 1. The van der Waals surface area contributed by atoms with E-state index in [0.29, 0.717) is 11.4 Å². The average Bonchev–Trinajstić information content (AvgIpc) is 3.29. The van der Waals surface area contributed by atoms with E-state index in [1.54, 1.807) is 45.0 Å². The maximum Gasteiger partial charge on any atom is 0.407 e. The maximum absolute atomic E-state index is 13.9. The van der Waals surface area contributed by atoms with E-state index >= 15 is 0 Å². The standard InChI is InChI=1S/C22H25ClFN7O5/c1-22(2,3)36-21(33)27-11-17(20(32)34-4)25-12-18-28-30-31(29-18)14-5-7-15(8-6-14)35-19-16(24)9-13(23)10-26-19/h5-10,17,25H,11-12H2,1-4H3,(H,27,33). The van der Waals surface area contributed by atoms with Crippen LogP contribution in [0.1, 0.15) is 26.6 Å². The third kappa shape index (κ3) is 7.85. The van der Waals surface area contributed by atoms with Gasteiger partial charge in [-0.25, -0.2) is 14.2 Å². The SMILES string of the molecule is COC(=O)C(CNC(=O)OC(C)(C)C)NCc1nnn(-c2ccc(Oc3ncc(Cl)cc3F)cc2)n1. The van der Waals surface area contributed by atoms with Gasteiger partial charge < -0.3 is 19.5 Å². The summed E-state index contributed by atoms with van der Waals surface area (Å²) in [7, 11) is 1.24. The molecule has 0 saturated heterocycles. The Morgan fingerprint density at radius 2 is 1.94 bits per heavy atom. The summed E-state index contributed by atoms with van der Waals surface area (Å²) >= 11 is 5.69. The van der Waals surface area contributed by atoms with Crippen LogP contribution < -0.4 is 15.4 Å². The molecule has 3 rings (SSSR count). The summed E-state index contributed by atoms with van der Waals surface area (Å²) in [6.07, 6.45) is 0.617. The second-order valence-corrected chi connectivity index (χ2v) is 8.81. The van der Waals surface area contributed by atoms with Gasteiger partial charge in [0.2, 0.25) is 0 Å². The van der Waals surface area contributed by atoms with E-state index in [0.717, 1.165) is 6.07 Å². The van der Waals surface area contributed by atoms with E-state index in [2.05, 4.69) is 31.0 Å². The van der Waals surface area contributed by atoms with Crippen molar-refractivity contribution in [3.63, 3.8) is 0 Å². The van der Waals surface area contributed by atoms with Crippen molar-refractivity contribution >= 4 is 23.7 Å². The summed E-state index contributed by atoms with van der Waals surface area (Å²) in [6, 6.07) is 6.69. The van der Waals surface area contributed by atoms with Gasteiger partial charge in [0, 0.05) is 12.7 Å². The molecule has 0 fully saturated rings. The van der Waals surface area contributed by atoms with Crippen molar-refractivity contribution in [1.82, 2.24) is 35.8 Å². The lowest BCUT2D eigenvalue weighted by atomic mass is 10.2. The van der Waals surface area contributed by atoms with Crippen LogP contribution in [0.25, 0.3) is 5.69 Å². The predicted octanol–water partition coefficient (Wildman–Crippen LogP) is 2.80. The molecule has 36 heavy (non-hydrogen) atoms. The number of hydrogen-bond donors (Lipinski definition) is 2. The van der Waals surface area contributed by atoms with Gasteiger partial charge in [0.15, 0.2) is 11.6 Å². The van der Waals surface area contributed by atoms with Crippen molar-refractivity contribution in [2.75, 3.05) is 13.7 Å². The molecule has 3 aromatic rings. The highest BCUT2D eigenvalue weighted by Gasteiger charge is 2.22. The minimum absolute atomic E-state index is 0.0679. The highest BCUT2D eigenvalue weighted by atomic mass is 35.5. The van der Waals surface area contributed by atoms with Crippen molar-refractivity contribution in [2.45, 2.75) is 39.0 Å². The Morgan fingerprint density at radius 1 is 1.22 bits per heavy atom. The molecular formula is C22H25ClFN7O5. The van der Waals surface area contributed by atoms with Gasteiger partial charge in [-0.15, -0.1) is 15.0 Å². The van der Waals surface area contributed by atoms with Crippen LogP contribution in [0.2, 0.25) is 5.02 Å². The van der Waals surface area contributed by atoms with E-state index in [4.69, 9.17) is 25.8 Å². The van der Waals surface area contributed by atoms with Crippen LogP contribution >= 0.6 is 11.6 Å². The summed E-state index contributed by atoms with van der Waals surface area (Å²) in [4.78, 5) is 29.0. The number of aromatic nitrogens is 5. The molecule has 2 N–H and O–H groups in total. The quantitative estimate of drug-likeness (QED) is 0.403. The Kier molecular flexibility index (Phi) is 8.72. The molecule has 0 bridgehead atoms. The Labute approximate surface area is 211 Å². The Hall–Kier alpha value is -3.84. The van der Waals surface area contributed by atoms with Crippen LogP contribution in [-0.4, -0.2) is 62.6 Å². The average molecular weight is 522 g/mol. The van der Waals surface area contributed by atoms with Gasteiger partial charge in [0.05, 0.1) is 24.4 Å². The van der Waals surface area contributed by atoms with Crippen molar-refractivity contribution in [1.29, 1.82) is 0 Å². The maximum atomic E-state index is 13.9. The van der Waals surface area contributed by atoms with Crippen LogP contribution in [0.4, 0.5) is 9.18 Å². The molecule has 1 atom stereocenters. The molecular weight excluding hydrogens is 497 g/mol. The number of pyridine rings is 1. The monoisotopic (exact) mass is 521 g/mol. The molecule has 14 heteroatoms. The van der Waals surface area contributed by atoms with E-state index in [1.165, 1.54) is 18.1 Å². The molecule has 0 saturated carbocycles. The summed E-state index contributed by atoms with van der Waals surface area (Å²) in [6.45, 7) is 5.19. The Morgan fingerprint density at radius 3 is 2.58 bits per heavy atom. The second-order valence-electron chi connectivity index (χ2n) is 8.37. The number of carbonyl (C=O) groups excluding carboxylic acids is 2. The zero-order valence-corrected chi connectivity index (χ0v) is 20.7. The smallest absolute Gasteiger partial charge is 0.407 e. The number of benzene rings is 1. The predicted molar refractivity (Wildman–Crippen MR) is 125 cm³/mol. The van der Waals surface area contributed by atoms with Crippen LogP contribution in [0.5, 0.6) is 11.6 Å². The molecule has 0 aliphatic heterocycles. The van der Waals surface area contributed by atoms with Crippen molar-refractivity contribution in [2.24, 2.45) is 0 Å². The number of carbonyl (C=O) groups is 2. The first-order valence-electron chi connectivity index (χ1n) is 10.7. The number of amides is 1. The second kappa shape index (κ2) is 11.7. The highest BCUT2D eigenvalue weighted by molar-refractivity contribution is 6.30. The lowest BCUT2D eigenvalue weighted by Crippen LogP contribution is -2.47. The molecule has 12 nitrogen and oxygen atoms in total. The largest absolute Gasteiger partial charge is 0.468 e. The molecule has 192 valence electrons. The number of hydrogen-bond acceptors (Lipinski definition) is 10. The van der Waals surface area contributed by atoms with Gasteiger partial charge in [0.1, 0.15) is 17.4 Å². The van der Waals surface area contributed by atoms with Gasteiger partial charge in [0.25, 0.3) is 5.88 Å². The first-order chi connectivity index (χ1) is 17.0. The Balaban J connectivity index is 1.58. The molecule has 2 aromatic heterocycles. The third-order valence-corrected chi connectivity index (χ3v) is 4.56. The van der Waals surface area contributed by atoms with E-state index in [1.807, 2.05) is 0 Å². The van der Waals surface area contributed by atoms with E-state index < -0.39 is 29.5 Å². The summed E-state index contributed by atoms with van der Waals surface area (Å²) in [5.74, 6) is -0.851. The van der Waals surface area contributed by atoms with Crippen LogP contribution in [-0.2, 0) is 20.8 Å². The number of ether oxygens (including phenoxy) is 3. The zero-order valence-electron chi connectivity index (χ0n) is 20.0. The number of nitrogens with one attached hydrogen (secondary N) is 2. The topological polar surface area (TPSA) is 142 Å². The van der Waals surface area contributed by atoms with Gasteiger partial charge in [-0.3, -0.25) is 10.1 Å². The lowest BCUT2D eigenvalue weighted by molar-refractivity contribution is -0.143. The number of methoxy groups -OCH3 is 1. The highest BCUT2D eigenvalue weighted by Crippen LogP contribution is 2.24. The van der Waals surface area contributed by atoms with Crippen molar-refractivity contribution in [3.05, 3.63) is 53.2 Å². The Bertz CT molecular complexity index is 1200. The van der Waals surface area contributed by atoms with E-state index in [-0.39, 0.29) is 29.8 Å². The van der Waals surface area contributed by atoms with Gasteiger partial charge in [-0.2, -0.15) is 0 Å². The molecule has 1 amide bonds. The number of esters is 1. The first-order valence-corrected chi connectivity index (χ1v) is 11.1. The molecule has 0 spiro atoms. The minimum atomic E-state index is -0.868. The molecule has 1 unspecified atom stereocenters. The van der Waals surface area contributed by atoms with Crippen LogP contribution in [0.3, 0.4) is 0 Å². The minimum Gasteiger partial charge on any atom is -0.468 e. The van der Waals surface area contributed by atoms with Gasteiger partial charge in [-0.1, -0.05) is 11.6 Å². The fourth-order valence-electron chi connectivity index (χ4n) is 2.75. The van der Waals surface area contributed by atoms with Crippen LogP contribution in [0, 0.1) is 5.82 Å². The van der Waals surface area contributed by atoms with Gasteiger partial charge in [-0.05, 0) is 56.3 Å². The third-order valence-electron chi connectivity index (χ3n) is 4.35. The fourth-order valence-corrected chi connectivity index (χ4v) is 2.90. The first kappa shape index (κ1) is 26.8. The van der Waals surface area contributed by atoms with Crippen molar-refractivity contribution in [3.8, 4) is 17.3 Å². The normalized spacial score (nSPS) is 12.1. The van der Waals surface area contributed by atoms with Gasteiger partial charge >= 0.3 is 12.1 Å². The molecule has 0 aliphatic carbocycles. The molecule has 1 aromatic carbocycles. The zero-order chi connectivity index (χ0) is 26.3. The van der Waals surface area contributed by atoms with E-state index in [9.17, 15) is 14.0 Å². The summed E-state index contributed by atoms with van der Waals surface area (Å²) in [5, 5.41) is 17.8. The molecule has 0 radical (unpaired) electrons. The number of rotatable bonds is 9. The molecule has 0 aliphatic rings. The summed E-state index contributed by atoms with van der Waals surface area (Å²) < 4.78 is 29.2. The summed E-state index contributed by atoms with van der Waals surface area (Å²) in [5.41, 5.74) is -0.115. The van der Waals surface area contributed by atoms with Crippen molar-refractivity contribution < 1.29 is 28.2 Å². The van der Waals surface area contributed by atoms with Crippen LogP contribution in [0.15, 0.2) is 36.5 Å². The number of nitrogens with zero attached hydrogens (tertiary/aromatic N) is 5. The molecule has 2 heterocycles. The fraction of sp³-hybridized carbons (Fsp3) is 0.364.